The third-order valence-corrected chi connectivity index (χ3v) is 5.80. The summed E-state index contributed by atoms with van der Waals surface area (Å²) in [5, 5.41) is 0. The molecule has 0 atom stereocenters. The van der Waals surface area contributed by atoms with Crippen LogP contribution >= 0.6 is 0 Å². The van der Waals surface area contributed by atoms with E-state index in [4.69, 9.17) is 4.74 Å². The molecule has 168 valence electrons. The molecule has 2 aromatic rings. The number of fused-ring (bicyclic) bond motifs is 1. The van der Waals surface area contributed by atoms with Gasteiger partial charge in [0.2, 0.25) is 11.8 Å². The van der Waals surface area contributed by atoms with Gasteiger partial charge in [0.05, 0.1) is 30.1 Å². The number of aryl methyl sites for hydroxylation is 1. The first-order chi connectivity index (χ1) is 14.9. The lowest BCUT2D eigenvalue weighted by Gasteiger charge is -2.32. The van der Waals surface area contributed by atoms with Crippen LogP contribution in [0.3, 0.4) is 0 Å². The molecule has 0 spiro atoms. The fraction of sp³-hybridized carbons (Fsp3) is 0.545. The number of hydrogen-bond donors (Lipinski definition) is 0. The predicted molar refractivity (Wildman–Crippen MR) is 115 cm³/mol. The number of benzene rings is 1. The van der Waals surface area contributed by atoms with E-state index >= 15 is 0 Å². The number of esters is 1. The Morgan fingerprint density at radius 1 is 1.06 bits per heavy atom. The summed E-state index contributed by atoms with van der Waals surface area (Å²) < 4.78 is 8.13. The zero-order valence-electron chi connectivity index (χ0n) is 18.4. The molecular weight excluding hydrogens is 400 g/mol. The van der Waals surface area contributed by atoms with Gasteiger partial charge in [-0.3, -0.25) is 23.5 Å². The van der Waals surface area contributed by atoms with Gasteiger partial charge in [0, 0.05) is 26.7 Å². The van der Waals surface area contributed by atoms with E-state index in [1.54, 1.807) is 23.4 Å². The van der Waals surface area contributed by atoms with Gasteiger partial charge >= 0.3 is 11.7 Å². The molecule has 31 heavy (non-hydrogen) atoms. The van der Waals surface area contributed by atoms with Crippen LogP contribution in [0, 0.1) is 5.92 Å². The Balaban J connectivity index is 1.60. The molecule has 0 saturated carbocycles. The molecule has 0 N–H and O–H groups in total. The van der Waals surface area contributed by atoms with Gasteiger partial charge in [0.1, 0.15) is 6.54 Å². The molecule has 1 aromatic heterocycles. The van der Waals surface area contributed by atoms with Crippen molar-refractivity contribution < 1.29 is 19.1 Å². The molecular formula is C22H30N4O5. The van der Waals surface area contributed by atoms with E-state index in [0.717, 1.165) is 5.52 Å². The van der Waals surface area contributed by atoms with Crippen molar-refractivity contribution in [1.29, 1.82) is 0 Å². The third kappa shape index (κ3) is 4.81. The number of ether oxygens (including phenoxy) is 1. The van der Waals surface area contributed by atoms with Crippen molar-refractivity contribution in [3.63, 3.8) is 0 Å². The summed E-state index contributed by atoms with van der Waals surface area (Å²) in [6.45, 7) is 5.27. The summed E-state index contributed by atoms with van der Waals surface area (Å²) in [4.78, 5) is 53.0. The van der Waals surface area contributed by atoms with Crippen LogP contribution in [0.1, 0.15) is 26.7 Å². The van der Waals surface area contributed by atoms with E-state index in [1.165, 1.54) is 9.47 Å². The standard InChI is InChI=1S/C22H30N4O5/c1-4-25-17-8-6-7-9-18(17)26(22(25)30)15-19(27)23(3)14-20(28)24-12-10-16(11-13-24)21(29)31-5-2/h6-9,16H,4-5,10-15H2,1-3H3. The minimum atomic E-state index is -0.309. The highest BCUT2D eigenvalue weighted by molar-refractivity contribution is 5.86. The summed E-state index contributed by atoms with van der Waals surface area (Å²) in [7, 11) is 1.57. The molecule has 9 heteroatoms. The summed E-state index contributed by atoms with van der Waals surface area (Å²) in [5.74, 6) is -0.859. The fourth-order valence-corrected chi connectivity index (χ4v) is 4.00. The number of rotatable bonds is 7. The van der Waals surface area contributed by atoms with Gasteiger partial charge in [-0.25, -0.2) is 4.79 Å². The van der Waals surface area contributed by atoms with Crippen LogP contribution in [0.4, 0.5) is 0 Å². The topological polar surface area (TPSA) is 93.8 Å². The predicted octanol–water partition coefficient (Wildman–Crippen LogP) is 1.08. The molecule has 1 saturated heterocycles. The Morgan fingerprint density at radius 3 is 2.26 bits per heavy atom. The molecule has 0 bridgehead atoms. The lowest BCUT2D eigenvalue weighted by molar-refractivity contribution is -0.151. The molecule has 1 aliphatic heterocycles. The maximum atomic E-state index is 12.8. The van der Waals surface area contributed by atoms with Crippen LogP contribution in [-0.4, -0.2) is 70.0 Å². The van der Waals surface area contributed by atoms with Gasteiger partial charge in [0.25, 0.3) is 0 Å². The van der Waals surface area contributed by atoms with Gasteiger partial charge in [-0.15, -0.1) is 0 Å². The van der Waals surface area contributed by atoms with Crippen molar-refractivity contribution >= 4 is 28.8 Å². The molecule has 0 radical (unpaired) electrons. The monoisotopic (exact) mass is 430 g/mol. The number of imidazole rings is 1. The van der Waals surface area contributed by atoms with E-state index < -0.39 is 0 Å². The van der Waals surface area contributed by atoms with Crippen molar-refractivity contribution in [2.45, 2.75) is 39.8 Å². The molecule has 1 aliphatic rings. The van der Waals surface area contributed by atoms with Crippen LogP contribution in [0.25, 0.3) is 11.0 Å². The number of aromatic nitrogens is 2. The first kappa shape index (κ1) is 22.6. The van der Waals surface area contributed by atoms with Crippen LogP contribution in [0.15, 0.2) is 29.1 Å². The van der Waals surface area contributed by atoms with Gasteiger partial charge in [0.15, 0.2) is 0 Å². The maximum Gasteiger partial charge on any atom is 0.329 e. The number of likely N-dealkylation sites (N-methyl/N-ethyl adjacent to an activating group) is 1. The lowest BCUT2D eigenvalue weighted by atomic mass is 9.97. The van der Waals surface area contributed by atoms with Crippen molar-refractivity contribution in [3.8, 4) is 0 Å². The highest BCUT2D eigenvalue weighted by Gasteiger charge is 2.29. The highest BCUT2D eigenvalue weighted by Crippen LogP contribution is 2.19. The van der Waals surface area contributed by atoms with E-state index in [1.807, 2.05) is 31.2 Å². The van der Waals surface area contributed by atoms with E-state index in [-0.39, 0.29) is 42.5 Å². The lowest BCUT2D eigenvalue weighted by Crippen LogP contribution is -2.46. The quantitative estimate of drug-likeness (QED) is 0.613. The summed E-state index contributed by atoms with van der Waals surface area (Å²) in [6.07, 6.45) is 1.13. The molecule has 9 nitrogen and oxygen atoms in total. The van der Waals surface area contributed by atoms with Crippen LogP contribution in [-0.2, 0) is 32.2 Å². The van der Waals surface area contributed by atoms with Gasteiger partial charge < -0.3 is 14.5 Å². The van der Waals surface area contributed by atoms with Crippen molar-refractivity contribution in [2.24, 2.45) is 5.92 Å². The Kier molecular flexibility index (Phi) is 7.14. The fourth-order valence-electron chi connectivity index (χ4n) is 4.00. The second-order valence-electron chi connectivity index (χ2n) is 7.76. The van der Waals surface area contributed by atoms with Crippen LogP contribution in [0.5, 0.6) is 0 Å². The zero-order valence-corrected chi connectivity index (χ0v) is 18.4. The van der Waals surface area contributed by atoms with Crippen LogP contribution < -0.4 is 5.69 Å². The van der Waals surface area contributed by atoms with Crippen molar-refractivity contribution in [2.75, 3.05) is 33.3 Å². The summed E-state index contributed by atoms with van der Waals surface area (Å²) in [6, 6.07) is 7.36. The summed E-state index contributed by atoms with van der Waals surface area (Å²) in [5.41, 5.74) is 1.24. The first-order valence-electron chi connectivity index (χ1n) is 10.7. The van der Waals surface area contributed by atoms with Crippen molar-refractivity contribution in [3.05, 3.63) is 34.7 Å². The second-order valence-corrected chi connectivity index (χ2v) is 7.76. The smallest absolute Gasteiger partial charge is 0.329 e. The Hall–Kier alpha value is -3.10. The Bertz CT molecular complexity index is 1020. The minimum Gasteiger partial charge on any atom is -0.466 e. The summed E-state index contributed by atoms with van der Waals surface area (Å²) >= 11 is 0. The molecule has 0 unspecified atom stereocenters. The minimum absolute atomic E-state index is 0.0654. The van der Waals surface area contributed by atoms with E-state index in [9.17, 15) is 19.2 Å². The van der Waals surface area contributed by atoms with E-state index in [2.05, 4.69) is 0 Å². The molecule has 2 amide bonds. The SMILES string of the molecule is CCOC(=O)C1CCN(C(=O)CN(C)C(=O)Cn2c(=O)n(CC)c3ccccc32)CC1. The molecule has 1 fully saturated rings. The molecule has 3 rings (SSSR count). The number of carbonyl (C=O) groups excluding carboxylic acids is 3. The Labute approximate surface area is 181 Å². The van der Waals surface area contributed by atoms with Gasteiger partial charge in [-0.2, -0.15) is 0 Å². The largest absolute Gasteiger partial charge is 0.466 e. The van der Waals surface area contributed by atoms with E-state index in [0.29, 0.717) is 44.6 Å². The van der Waals surface area contributed by atoms with Crippen LogP contribution in [0.2, 0.25) is 0 Å². The van der Waals surface area contributed by atoms with Gasteiger partial charge in [-0.1, -0.05) is 12.1 Å². The second kappa shape index (κ2) is 9.80. The van der Waals surface area contributed by atoms with Crippen molar-refractivity contribution in [1.82, 2.24) is 18.9 Å². The number of amides is 2. The number of carbonyl (C=O) groups is 3. The zero-order chi connectivity index (χ0) is 22.5. The number of piperidine rings is 1. The molecule has 1 aromatic carbocycles. The highest BCUT2D eigenvalue weighted by atomic mass is 16.5. The number of hydrogen-bond acceptors (Lipinski definition) is 5. The first-order valence-corrected chi connectivity index (χ1v) is 10.7. The van der Waals surface area contributed by atoms with Gasteiger partial charge in [-0.05, 0) is 38.8 Å². The normalized spacial score (nSPS) is 14.6. The Morgan fingerprint density at radius 2 is 1.68 bits per heavy atom. The number of para-hydroxylation sites is 2. The number of likely N-dealkylation sites (tertiary alicyclic amines) is 1. The molecule has 2 heterocycles. The number of nitrogens with zero attached hydrogens (tertiary/aromatic N) is 4. The maximum absolute atomic E-state index is 12.8. The average Bonchev–Trinajstić information content (AvgIpc) is 3.04. The third-order valence-electron chi connectivity index (χ3n) is 5.80. The average molecular weight is 431 g/mol. The molecule has 0 aliphatic carbocycles.